The minimum Gasteiger partial charge on any atom is -0.342 e. The van der Waals surface area contributed by atoms with E-state index >= 15 is 0 Å². The summed E-state index contributed by atoms with van der Waals surface area (Å²) in [6, 6.07) is 7.43. The third-order valence-electron chi connectivity index (χ3n) is 5.02. The maximum atomic E-state index is 12.4. The van der Waals surface area contributed by atoms with Crippen LogP contribution in [0.4, 0.5) is 0 Å². The van der Waals surface area contributed by atoms with Crippen molar-refractivity contribution in [1.82, 2.24) is 15.0 Å². The fourth-order valence-corrected chi connectivity index (χ4v) is 3.33. The fourth-order valence-electron chi connectivity index (χ4n) is 3.21. The molecule has 0 saturated carbocycles. The smallest absolute Gasteiger partial charge is 0.226 e. The van der Waals surface area contributed by atoms with Gasteiger partial charge in [-0.1, -0.05) is 30.6 Å². The predicted octanol–water partition coefficient (Wildman–Crippen LogP) is 3.30. The molecule has 1 aliphatic rings. The lowest BCUT2D eigenvalue weighted by atomic mass is 9.79. The molecule has 0 spiro atoms. The Bertz CT molecular complexity index is 757. The predicted molar refractivity (Wildman–Crippen MR) is 101 cm³/mol. The molecule has 3 rings (SSSR count). The second kappa shape index (κ2) is 7.76. The summed E-state index contributed by atoms with van der Waals surface area (Å²) < 4.78 is 5.29. The monoisotopic (exact) mass is 376 g/mol. The number of benzene rings is 1. The first kappa shape index (κ1) is 18.9. The average molecular weight is 377 g/mol. The number of hydrogen-bond donors (Lipinski definition) is 1. The average Bonchev–Trinajstić information content (AvgIpc) is 3.06. The molecule has 0 radical (unpaired) electrons. The van der Waals surface area contributed by atoms with E-state index in [0.29, 0.717) is 42.5 Å². The first-order valence-corrected chi connectivity index (χ1v) is 9.35. The minimum absolute atomic E-state index is 0.0339. The Balaban J connectivity index is 1.49. The number of amides is 1. The fraction of sp³-hybridized carbons (Fsp3) is 0.526. The van der Waals surface area contributed by atoms with Crippen molar-refractivity contribution in [3.8, 4) is 11.4 Å². The van der Waals surface area contributed by atoms with Crippen molar-refractivity contribution in [3.05, 3.63) is 35.2 Å². The molecule has 140 valence electrons. The van der Waals surface area contributed by atoms with Gasteiger partial charge in [0.25, 0.3) is 0 Å². The zero-order valence-electron chi connectivity index (χ0n) is 15.2. The number of aryl methyl sites for hydroxylation is 1. The number of carbonyl (C=O) groups excluding carboxylic acids is 1. The molecule has 26 heavy (non-hydrogen) atoms. The molecule has 6 nitrogen and oxygen atoms in total. The van der Waals surface area contributed by atoms with Crippen molar-refractivity contribution in [3.63, 3.8) is 0 Å². The van der Waals surface area contributed by atoms with Gasteiger partial charge in [-0.2, -0.15) is 4.98 Å². The first-order chi connectivity index (χ1) is 12.3. The van der Waals surface area contributed by atoms with E-state index < -0.39 is 0 Å². The number of hydrogen-bond acceptors (Lipinski definition) is 5. The van der Waals surface area contributed by atoms with Gasteiger partial charge < -0.3 is 15.2 Å². The third kappa shape index (κ3) is 4.43. The van der Waals surface area contributed by atoms with Crippen molar-refractivity contribution < 1.29 is 9.32 Å². The highest BCUT2D eigenvalue weighted by molar-refractivity contribution is 6.30. The molecule has 1 unspecified atom stereocenters. The Hall–Kier alpha value is -1.92. The van der Waals surface area contributed by atoms with Crippen molar-refractivity contribution >= 4 is 17.5 Å². The molecule has 0 bridgehead atoms. The van der Waals surface area contributed by atoms with Gasteiger partial charge in [-0.15, -0.1) is 0 Å². The number of halogens is 1. The summed E-state index contributed by atoms with van der Waals surface area (Å²) in [5.74, 6) is 1.25. The van der Waals surface area contributed by atoms with E-state index in [0.717, 1.165) is 18.5 Å². The summed E-state index contributed by atoms with van der Waals surface area (Å²) in [5, 5.41) is 4.66. The molecule has 2 heterocycles. The van der Waals surface area contributed by atoms with Crippen molar-refractivity contribution in [2.75, 3.05) is 13.1 Å². The molecule has 7 heteroatoms. The van der Waals surface area contributed by atoms with Gasteiger partial charge in [-0.3, -0.25) is 4.79 Å². The summed E-state index contributed by atoms with van der Waals surface area (Å²) in [6.07, 6.45) is 2.60. The van der Waals surface area contributed by atoms with Gasteiger partial charge in [0, 0.05) is 42.6 Å². The number of carbonyl (C=O) groups is 1. The van der Waals surface area contributed by atoms with Crippen LogP contribution in [0.15, 0.2) is 28.8 Å². The second-order valence-electron chi connectivity index (χ2n) is 7.57. The number of rotatable bonds is 5. The largest absolute Gasteiger partial charge is 0.342 e. The maximum absolute atomic E-state index is 12.4. The van der Waals surface area contributed by atoms with Gasteiger partial charge in [0.15, 0.2) is 0 Å². The first-order valence-electron chi connectivity index (χ1n) is 8.97. The van der Waals surface area contributed by atoms with E-state index in [1.807, 2.05) is 17.0 Å². The summed E-state index contributed by atoms with van der Waals surface area (Å²) in [4.78, 5) is 18.8. The van der Waals surface area contributed by atoms with Crippen LogP contribution in [0.5, 0.6) is 0 Å². The lowest BCUT2D eigenvalue weighted by Gasteiger charge is -2.42. The highest BCUT2D eigenvalue weighted by atomic mass is 35.5. The van der Waals surface area contributed by atoms with E-state index in [4.69, 9.17) is 21.9 Å². The Kier molecular flexibility index (Phi) is 5.63. The number of piperidine rings is 1. The van der Waals surface area contributed by atoms with Gasteiger partial charge in [0.2, 0.25) is 17.6 Å². The quantitative estimate of drug-likeness (QED) is 0.865. The summed E-state index contributed by atoms with van der Waals surface area (Å²) in [7, 11) is 0. The van der Waals surface area contributed by atoms with Crippen LogP contribution >= 0.6 is 11.6 Å². The van der Waals surface area contributed by atoms with E-state index in [-0.39, 0.29) is 17.4 Å². The Morgan fingerprint density at radius 2 is 2.12 bits per heavy atom. The Morgan fingerprint density at radius 3 is 2.81 bits per heavy atom. The van der Waals surface area contributed by atoms with E-state index in [1.165, 1.54) is 0 Å². The van der Waals surface area contributed by atoms with Crippen LogP contribution < -0.4 is 5.73 Å². The zero-order valence-corrected chi connectivity index (χ0v) is 16.0. The molecule has 0 aliphatic carbocycles. The molecule has 1 aromatic heterocycles. The third-order valence-corrected chi connectivity index (χ3v) is 5.27. The number of nitrogens with two attached hydrogens (primary N) is 1. The zero-order chi connectivity index (χ0) is 18.7. The molecule has 1 aromatic carbocycles. The molecular weight excluding hydrogens is 352 g/mol. The van der Waals surface area contributed by atoms with E-state index in [1.54, 1.807) is 12.1 Å². The molecule has 1 saturated heterocycles. The number of nitrogens with zero attached hydrogens (tertiary/aromatic N) is 3. The van der Waals surface area contributed by atoms with E-state index in [9.17, 15) is 4.79 Å². The van der Waals surface area contributed by atoms with Crippen molar-refractivity contribution in [2.45, 2.75) is 45.6 Å². The van der Waals surface area contributed by atoms with Gasteiger partial charge in [0.05, 0.1) is 0 Å². The van der Waals surface area contributed by atoms with Gasteiger partial charge >= 0.3 is 0 Å². The van der Waals surface area contributed by atoms with E-state index in [2.05, 4.69) is 24.0 Å². The van der Waals surface area contributed by atoms with Crippen LogP contribution in [-0.2, 0) is 11.2 Å². The standard InChI is InChI=1S/C19H25ClN4O2/c1-19(2)12-24(11-10-15(19)21)17(25)5-3-4-16-22-18(23-26-16)13-6-8-14(20)9-7-13/h6-9,15H,3-5,10-12,21H2,1-2H3. The van der Waals surface area contributed by atoms with Crippen molar-refractivity contribution in [2.24, 2.45) is 11.1 Å². The van der Waals surface area contributed by atoms with Crippen LogP contribution in [0.1, 0.15) is 39.0 Å². The normalized spacial score (nSPS) is 19.5. The lowest BCUT2D eigenvalue weighted by Crippen LogP contribution is -2.53. The number of aromatic nitrogens is 2. The van der Waals surface area contributed by atoms with Gasteiger partial charge in [-0.25, -0.2) is 0 Å². The van der Waals surface area contributed by atoms with Crippen molar-refractivity contribution in [1.29, 1.82) is 0 Å². The maximum Gasteiger partial charge on any atom is 0.226 e. The molecule has 1 fully saturated rings. The van der Waals surface area contributed by atoms with Crippen LogP contribution in [0.3, 0.4) is 0 Å². The van der Waals surface area contributed by atoms with Gasteiger partial charge in [0.1, 0.15) is 0 Å². The van der Waals surface area contributed by atoms with Gasteiger partial charge in [-0.05, 0) is 42.5 Å². The molecule has 2 N–H and O–H groups in total. The summed E-state index contributed by atoms with van der Waals surface area (Å²) in [6.45, 7) is 5.70. The number of likely N-dealkylation sites (tertiary alicyclic amines) is 1. The van der Waals surface area contributed by atoms with Crippen LogP contribution in [0.25, 0.3) is 11.4 Å². The molecular formula is C19H25ClN4O2. The molecule has 2 aromatic rings. The summed E-state index contributed by atoms with van der Waals surface area (Å²) >= 11 is 5.89. The minimum atomic E-state index is -0.0339. The molecule has 1 amide bonds. The topological polar surface area (TPSA) is 85.2 Å². The highest BCUT2D eigenvalue weighted by Gasteiger charge is 2.35. The highest BCUT2D eigenvalue weighted by Crippen LogP contribution is 2.28. The Labute approximate surface area is 158 Å². The SMILES string of the molecule is CC1(C)CN(C(=O)CCCc2nc(-c3ccc(Cl)cc3)no2)CCC1N. The Morgan fingerprint density at radius 1 is 1.38 bits per heavy atom. The van der Waals surface area contributed by atoms with Crippen LogP contribution in [0.2, 0.25) is 5.02 Å². The van der Waals surface area contributed by atoms with Crippen LogP contribution in [0, 0.1) is 5.41 Å². The molecule has 1 aliphatic heterocycles. The lowest BCUT2D eigenvalue weighted by molar-refractivity contribution is -0.134. The summed E-state index contributed by atoms with van der Waals surface area (Å²) in [5.41, 5.74) is 6.96. The molecule has 1 atom stereocenters. The second-order valence-corrected chi connectivity index (χ2v) is 8.01. The van der Waals surface area contributed by atoms with Crippen LogP contribution in [-0.4, -0.2) is 40.1 Å².